The van der Waals surface area contributed by atoms with Gasteiger partial charge in [-0.15, -0.1) is 0 Å². The number of hydrogen-bond donors (Lipinski definition) is 0. The molecular formula is C19H21NO4. The predicted molar refractivity (Wildman–Crippen MR) is 92.1 cm³/mol. The highest BCUT2D eigenvalue weighted by Gasteiger charge is 2.13. The molecule has 1 heterocycles. The van der Waals surface area contributed by atoms with Crippen LogP contribution in [0.4, 0.5) is 0 Å². The van der Waals surface area contributed by atoms with Crippen molar-refractivity contribution in [1.29, 1.82) is 0 Å². The summed E-state index contributed by atoms with van der Waals surface area (Å²) in [6, 6.07) is 9.25. The van der Waals surface area contributed by atoms with Crippen molar-refractivity contribution in [3.05, 3.63) is 59.4 Å². The lowest BCUT2D eigenvalue weighted by molar-refractivity contribution is -0.138. The average Bonchev–Trinajstić information content (AvgIpc) is 2.62. The van der Waals surface area contributed by atoms with E-state index in [1.807, 2.05) is 24.3 Å². The van der Waals surface area contributed by atoms with Gasteiger partial charge in [0.15, 0.2) is 11.5 Å². The Kier molecular flexibility index (Phi) is 6.37. The molecule has 0 amide bonds. The van der Waals surface area contributed by atoms with Gasteiger partial charge >= 0.3 is 5.97 Å². The number of methoxy groups -OCH3 is 2. The summed E-state index contributed by atoms with van der Waals surface area (Å²) in [5.41, 5.74) is 2.39. The maximum Gasteiger partial charge on any atom is 0.334 e. The van der Waals surface area contributed by atoms with Crippen molar-refractivity contribution in [1.82, 2.24) is 4.98 Å². The summed E-state index contributed by atoms with van der Waals surface area (Å²) in [4.78, 5) is 16.3. The van der Waals surface area contributed by atoms with Crippen molar-refractivity contribution in [3.8, 4) is 11.5 Å². The molecule has 0 aliphatic rings. The van der Waals surface area contributed by atoms with Crippen molar-refractivity contribution in [2.75, 3.05) is 20.8 Å². The summed E-state index contributed by atoms with van der Waals surface area (Å²) in [5.74, 6) is 0.920. The molecule has 2 rings (SSSR count). The van der Waals surface area contributed by atoms with Gasteiger partial charge in [0.05, 0.1) is 20.8 Å². The van der Waals surface area contributed by atoms with Crippen LogP contribution in [0.25, 0.3) is 6.08 Å². The molecule has 0 aliphatic heterocycles. The first-order valence-corrected chi connectivity index (χ1v) is 7.66. The third-order valence-electron chi connectivity index (χ3n) is 3.43. The van der Waals surface area contributed by atoms with Crippen LogP contribution >= 0.6 is 0 Å². The Morgan fingerprint density at radius 3 is 2.42 bits per heavy atom. The second-order valence-corrected chi connectivity index (χ2v) is 5.04. The van der Waals surface area contributed by atoms with E-state index < -0.39 is 0 Å². The van der Waals surface area contributed by atoms with Gasteiger partial charge < -0.3 is 14.2 Å². The smallest absolute Gasteiger partial charge is 0.334 e. The standard InChI is InChI=1S/C19H21NO4/c1-4-24-19(21)16(11-14-7-9-20-10-8-14)12-15-5-6-17(22-2)18(13-15)23-3/h5-10,12-13H,4,11H2,1-3H3/b16-12+. The van der Waals surface area contributed by atoms with Crippen LogP contribution in [0.3, 0.4) is 0 Å². The lowest BCUT2D eigenvalue weighted by Gasteiger charge is -2.10. The molecule has 1 aromatic carbocycles. The largest absolute Gasteiger partial charge is 0.493 e. The van der Waals surface area contributed by atoms with Crippen LogP contribution < -0.4 is 9.47 Å². The van der Waals surface area contributed by atoms with Gasteiger partial charge in [-0.2, -0.15) is 0 Å². The molecule has 0 fully saturated rings. The molecule has 5 heteroatoms. The van der Waals surface area contributed by atoms with Crippen LogP contribution in [0.1, 0.15) is 18.1 Å². The van der Waals surface area contributed by atoms with Crippen LogP contribution in [-0.4, -0.2) is 31.8 Å². The second-order valence-electron chi connectivity index (χ2n) is 5.04. The Morgan fingerprint density at radius 2 is 1.79 bits per heavy atom. The van der Waals surface area contributed by atoms with Crippen molar-refractivity contribution >= 4 is 12.0 Å². The first-order chi connectivity index (χ1) is 11.7. The Hall–Kier alpha value is -2.82. The number of carbonyl (C=O) groups is 1. The Balaban J connectivity index is 2.35. The number of hydrogen-bond acceptors (Lipinski definition) is 5. The normalized spacial score (nSPS) is 11.0. The van der Waals surface area contributed by atoms with E-state index in [4.69, 9.17) is 14.2 Å². The molecule has 0 unspecified atom stereocenters. The molecule has 0 spiro atoms. The van der Waals surface area contributed by atoms with Crippen molar-refractivity contribution in [2.45, 2.75) is 13.3 Å². The molecule has 1 aromatic heterocycles. The molecule has 24 heavy (non-hydrogen) atoms. The van der Waals surface area contributed by atoms with Crippen LogP contribution in [0, 0.1) is 0 Å². The zero-order valence-electron chi connectivity index (χ0n) is 14.1. The highest BCUT2D eigenvalue weighted by atomic mass is 16.5. The average molecular weight is 327 g/mol. The van der Waals surface area contributed by atoms with Gasteiger partial charge in [0.1, 0.15) is 0 Å². The molecule has 0 saturated heterocycles. The van der Waals surface area contributed by atoms with E-state index in [0.29, 0.717) is 30.1 Å². The number of pyridine rings is 1. The van der Waals surface area contributed by atoms with Gasteiger partial charge in [-0.1, -0.05) is 6.07 Å². The summed E-state index contributed by atoms with van der Waals surface area (Å²) in [7, 11) is 3.16. The zero-order chi connectivity index (χ0) is 17.4. The van der Waals surface area contributed by atoms with E-state index in [1.165, 1.54) is 0 Å². The van der Waals surface area contributed by atoms with Gasteiger partial charge in [-0.25, -0.2) is 4.79 Å². The summed E-state index contributed by atoms with van der Waals surface area (Å²) in [6.07, 6.45) is 5.68. The quantitative estimate of drug-likeness (QED) is 0.577. The number of nitrogens with zero attached hydrogens (tertiary/aromatic N) is 1. The van der Waals surface area contributed by atoms with Crippen molar-refractivity contribution in [2.24, 2.45) is 0 Å². The molecule has 0 N–H and O–H groups in total. The minimum absolute atomic E-state index is 0.330. The SMILES string of the molecule is CCOC(=O)/C(=C/c1ccc(OC)c(OC)c1)Cc1ccncc1. The first-order valence-electron chi connectivity index (χ1n) is 7.66. The lowest BCUT2D eigenvalue weighted by Crippen LogP contribution is -2.10. The fraction of sp³-hybridized carbons (Fsp3) is 0.263. The van der Waals surface area contributed by atoms with Crippen LogP contribution in [0.2, 0.25) is 0 Å². The van der Waals surface area contributed by atoms with E-state index in [1.54, 1.807) is 45.7 Å². The minimum Gasteiger partial charge on any atom is -0.493 e. The maximum absolute atomic E-state index is 12.3. The fourth-order valence-electron chi connectivity index (χ4n) is 2.27. The summed E-state index contributed by atoms with van der Waals surface area (Å²) in [5, 5.41) is 0. The predicted octanol–water partition coefficient (Wildman–Crippen LogP) is 3.29. The molecule has 0 radical (unpaired) electrons. The van der Waals surface area contributed by atoms with E-state index in [0.717, 1.165) is 11.1 Å². The van der Waals surface area contributed by atoms with Crippen LogP contribution in [-0.2, 0) is 16.0 Å². The second kappa shape index (κ2) is 8.72. The van der Waals surface area contributed by atoms with Gasteiger partial charge in [-0.3, -0.25) is 4.98 Å². The maximum atomic E-state index is 12.3. The number of esters is 1. The molecule has 0 saturated carbocycles. The van der Waals surface area contributed by atoms with Gasteiger partial charge in [0.25, 0.3) is 0 Å². The topological polar surface area (TPSA) is 57.7 Å². The summed E-state index contributed by atoms with van der Waals surface area (Å²) in [6.45, 7) is 2.12. The fourth-order valence-corrected chi connectivity index (χ4v) is 2.27. The summed E-state index contributed by atoms with van der Waals surface area (Å²) < 4.78 is 15.7. The van der Waals surface area contributed by atoms with E-state index in [-0.39, 0.29) is 5.97 Å². The number of rotatable bonds is 7. The number of benzene rings is 1. The molecule has 0 bridgehead atoms. The molecule has 0 aliphatic carbocycles. The number of carbonyl (C=O) groups excluding carboxylic acids is 1. The molecule has 0 atom stereocenters. The lowest BCUT2D eigenvalue weighted by atomic mass is 10.0. The minimum atomic E-state index is -0.330. The number of ether oxygens (including phenoxy) is 3. The zero-order valence-corrected chi connectivity index (χ0v) is 14.1. The van der Waals surface area contributed by atoms with E-state index in [2.05, 4.69) is 4.98 Å². The van der Waals surface area contributed by atoms with Crippen molar-refractivity contribution in [3.63, 3.8) is 0 Å². The third-order valence-corrected chi connectivity index (χ3v) is 3.43. The highest BCUT2D eigenvalue weighted by molar-refractivity contribution is 5.94. The Labute approximate surface area is 141 Å². The van der Waals surface area contributed by atoms with Crippen LogP contribution in [0.15, 0.2) is 48.3 Å². The molecule has 2 aromatic rings. The van der Waals surface area contributed by atoms with Crippen molar-refractivity contribution < 1.29 is 19.0 Å². The monoisotopic (exact) mass is 327 g/mol. The first kappa shape index (κ1) is 17.5. The number of aromatic nitrogens is 1. The molecular weight excluding hydrogens is 306 g/mol. The summed E-state index contributed by atoms with van der Waals surface area (Å²) >= 11 is 0. The van der Waals surface area contributed by atoms with Gasteiger partial charge in [-0.05, 0) is 48.4 Å². The third kappa shape index (κ3) is 4.59. The van der Waals surface area contributed by atoms with E-state index in [9.17, 15) is 4.79 Å². The van der Waals surface area contributed by atoms with Gasteiger partial charge in [0.2, 0.25) is 0 Å². The van der Waals surface area contributed by atoms with Crippen LogP contribution in [0.5, 0.6) is 11.5 Å². The Bertz CT molecular complexity index is 711. The molecule has 126 valence electrons. The van der Waals surface area contributed by atoms with E-state index >= 15 is 0 Å². The van der Waals surface area contributed by atoms with Gasteiger partial charge in [0, 0.05) is 24.4 Å². The highest BCUT2D eigenvalue weighted by Crippen LogP contribution is 2.28. The molecule has 5 nitrogen and oxygen atoms in total. The Morgan fingerprint density at radius 1 is 1.08 bits per heavy atom.